The molecule has 2 amide bonds. The number of carboxylic acids is 1. The van der Waals surface area contributed by atoms with Crippen LogP contribution in [0.5, 0.6) is 0 Å². The second-order valence-electron chi connectivity index (χ2n) is 8.05. The number of amides is 2. The van der Waals surface area contributed by atoms with Crippen LogP contribution in [0.15, 0.2) is 48.5 Å². The SMILES string of the molecule is CC[C@@H](NC(=O)OCC1c2ccccc2-c2ccccc21)C(=O)N(CC)CC(C)C(=O)O. The Morgan fingerprint density at radius 2 is 1.59 bits per heavy atom. The number of hydrogen-bond acceptors (Lipinski definition) is 4. The molecule has 0 saturated heterocycles. The van der Waals surface area contributed by atoms with Gasteiger partial charge in [0, 0.05) is 19.0 Å². The minimum atomic E-state index is -0.964. The molecule has 170 valence electrons. The number of carbonyl (C=O) groups is 3. The van der Waals surface area contributed by atoms with Gasteiger partial charge in [0.2, 0.25) is 5.91 Å². The molecule has 0 fully saturated rings. The Morgan fingerprint density at radius 1 is 1.03 bits per heavy atom. The molecule has 3 rings (SSSR count). The number of fused-ring (bicyclic) bond motifs is 3. The van der Waals surface area contributed by atoms with Crippen LogP contribution >= 0.6 is 0 Å². The first-order valence-electron chi connectivity index (χ1n) is 11.0. The van der Waals surface area contributed by atoms with E-state index in [2.05, 4.69) is 17.4 Å². The average Bonchev–Trinajstić information content (AvgIpc) is 3.12. The number of likely N-dealkylation sites (N-methyl/N-ethyl adjacent to an activating group) is 1. The van der Waals surface area contributed by atoms with Gasteiger partial charge in [-0.25, -0.2) is 4.79 Å². The number of ether oxygens (including phenoxy) is 1. The zero-order valence-corrected chi connectivity index (χ0v) is 18.7. The molecule has 0 spiro atoms. The van der Waals surface area contributed by atoms with Gasteiger partial charge in [-0.05, 0) is 35.6 Å². The van der Waals surface area contributed by atoms with E-state index in [1.54, 1.807) is 20.8 Å². The predicted molar refractivity (Wildman–Crippen MR) is 121 cm³/mol. The van der Waals surface area contributed by atoms with Crippen molar-refractivity contribution in [3.8, 4) is 11.1 Å². The Labute approximate surface area is 188 Å². The van der Waals surface area contributed by atoms with E-state index in [0.29, 0.717) is 13.0 Å². The molecule has 0 aliphatic heterocycles. The van der Waals surface area contributed by atoms with Crippen molar-refractivity contribution in [2.45, 2.75) is 39.2 Å². The molecule has 1 unspecified atom stereocenters. The van der Waals surface area contributed by atoms with Crippen molar-refractivity contribution in [3.63, 3.8) is 0 Å². The van der Waals surface area contributed by atoms with E-state index in [0.717, 1.165) is 22.3 Å². The monoisotopic (exact) mass is 438 g/mol. The van der Waals surface area contributed by atoms with Crippen LogP contribution in [0.1, 0.15) is 44.2 Å². The lowest BCUT2D eigenvalue weighted by Crippen LogP contribution is -2.50. The number of carbonyl (C=O) groups excluding carboxylic acids is 2. The fourth-order valence-electron chi connectivity index (χ4n) is 4.12. The van der Waals surface area contributed by atoms with Crippen LogP contribution in [0.2, 0.25) is 0 Å². The minimum absolute atomic E-state index is 0.0625. The summed E-state index contributed by atoms with van der Waals surface area (Å²) in [5, 5.41) is 11.8. The van der Waals surface area contributed by atoms with E-state index < -0.39 is 24.0 Å². The topological polar surface area (TPSA) is 95.9 Å². The summed E-state index contributed by atoms with van der Waals surface area (Å²) in [7, 11) is 0. The maximum Gasteiger partial charge on any atom is 0.407 e. The fourth-order valence-corrected chi connectivity index (χ4v) is 4.12. The van der Waals surface area contributed by atoms with E-state index in [4.69, 9.17) is 9.84 Å². The maximum absolute atomic E-state index is 12.8. The highest BCUT2D eigenvalue weighted by atomic mass is 16.5. The lowest BCUT2D eigenvalue weighted by atomic mass is 9.98. The smallest absolute Gasteiger partial charge is 0.407 e. The standard InChI is InChI=1S/C25H30N2O5/c1-4-22(23(28)27(5-2)14-16(3)24(29)30)26-25(31)32-15-21-19-12-8-6-10-17(19)18-11-7-9-13-20(18)21/h6-13,16,21-22H,4-5,14-15H2,1-3H3,(H,26,31)(H,29,30)/t16?,22-/m1/s1. The van der Waals surface area contributed by atoms with Crippen molar-refractivity contribution in [1.29, 1.82) is 0 Å². The van der Waals surface area contributed by atoms with Gasteiger partial charge in [0.05, 0.1) is 5.92 Å². The zero-order valence-electron chi connectivity index (χ0n) is 18.7. The minimum Gasteiger partial charge on any atom is -0.481 e. The molecule has 2 aromatic rings. The highest BCUT2D eigenvalue weighted by molar-refractivity contribution is 5.86. The largest absolute Gasteiger partial charge is 0.481 e. The number of alkyl carbamates (subject to hydrolysis) is 1. The number of rotatable bonds is 9. The molecule has 2 N–H and O–H groups in total. The van der Waals surface area contributed by atoms with Crippen LogP contribution in [-0.2, 0) is 14.3 Å². The van der Waals surface area contributed by atoms with Crippen LogP contribution in [0, 0.1) is 5.92 Å². The van der Waals surface area contributed by atoms with Crippen LogP contribution in [-0.4, -0.2) is 53.7 Å². The molecule has 32 heavy (non-hydrogen) atoms. The quantitative estimate of drug-likeness (QED) is 0.620. The number of nitrogens with zero attached hydrogens (tertiary/aromatic N) is 1. The van der Waals surface area contributed by atoms with Gasteiger partial charge in [-0.3, -0.25) is 9.59 Å². The number of nitrogens with one attached hydrogen (secondary N) is 1. The van der Waals surface area contributed by atoms with Crippen molar-refractivity contribution < 1.29 is 24.2 Å². The molecular formula is C25H30N2O5. The van der Waals surface area contributed by atoms with Gasteiger partial charge in [0.15, 0.2) is 0 Å². The van der Waals surface area contributed by atoms with Gasteiger partial charge in [-0.2, -0.15) is 0 Å². The van der Waals surface area contributed by atoms with Gasteiger partial charge < -0.3 is 20.1 Å². The molecular weight excluding hydrogens is 408 g/mol. The van der Waals surface area contributed by atoms with Crippen molar-refractivity contribution in [1.82, 2.24) is 10.2 Å². The summed E-state index contributed by atoms with van der Waals surface area (Å²) in [5.41, 5.74) is 4.52. The molecule has 2 aromatic carbocycles. The summed E-state index contributed by atoms with van der Waals surface area (Å²) in [6, 6.07) is 15.4. The van der Waals surface area contributed by atoms with E-state index in [-0.39, 0.29) is 25.0 Å². The number of benzene rings is 2. The third-order valence-corrected chi connectivity index (χ3v) is 5.95. The van der Waals surface area contributed by atoms with E-state index >= 15 is 0 Å². The summed E-state index contributed by atoms with van der Waals surface area (Å²) in [6.07, 6.45) is -0.282. The maximum atomic E-state index is 12.8. The number of aliphatic carboxylic acids is 1. The Balaban J connectivity index is 1.64. The van der Waals surface area contributed by atoms with Gasteiger partial charge in [-0.15, -0.1) is 0 Å². The Hall–Kier alpha value is -3.35. The average molecular weight is 439 g/mol. The number of carboxylic acid groups (broad SMARTS) is 1. The molecule has 7 nitrogen and oxygen atoms in total. The third-order valence-electron chi connectivity index (χ3n) is 5.95. The summed E-state index contributed by atoms with van der Waals surface area (Å²) in [5.74, 6) is -2.02. The highest BCUT2D eigenvalue weighted by Crippen LogP contribution is 2.44. The summed E-state index contributed by atoms with van der Waals surface area (Å²) in [6.45, 7) is 5.75. The highest BCUT2D eigenvalue weighted by Gasteiger charge is 2.30. The predicted octanol–water partition coefficient (Wildman–Crippen LogP) is 3.87. The Bertz CT molecular complexity index is 944. The van der Waals surface area contributed by atoms with Crippen molar-refractivity contribution in [2.24, 2.45) is 5.92 Å². The Kier molecular flexibility index (Phi) is 7.51. The second-order valence-corrected chi connectivity index (χ2v) is 8.05. The van der Waals surface area contributed by atoms with Crippen molar-refractivity contribution in [3.05, 3.63) is 59.7 Å². The molecule has 2 atom stereocenters. The van der Waals surface area contributed by atoms with E-state index in [9.17, 15) is 14.4 Å². The lowest BCUT2D eigenvalue weighted by molar-refractivity contribution is -0.143. The first kappa shape index (κ1) is 23.3. The molecule has 0 heterocycles. The summed E-state index contributed by atoms with van der Waals surface area (Å²) in [4.78, 5) is 38.0. The summed E-state index contributed by atoms with van der Waals surface area (Å²) < 4.78 is 5.54. The molecule has 1 aliphatic rings. The van der Waals surface area contributed by atoms with Gasteiger partial charge in [-0.1, -0.05) is 62.4 Å². The zero-order chi connectivity index (χ0) is 23.3. The fraction of sp³-hybridized carbons (Fsp3) is 0.400. The molecule has 7 heteroatoms. The van der Waals surface area contributed by atoms with E-state index in [1.807, 2.05) is 36.4 Å². The molecule has 0 saturated carbocycles. The third kappa shape index (κ3) is 4.93. The van der Waals surface area contributed by atoms with Gasteiger partial charge in [0.25, 0.3) is 0 Å². The van der Waals surface area contributed by atoms with Gasteiger partial charge >= 0.3 is 12.1 Å². The molecule has 0 aromatic heterocycles. The number of hydrogen-bond donors (Lipinski definition) is 2. The Morgan fingerprint density at radius 3 is 2.09 bits per heavy atom. The van der Waals surface area contributed by atoms with Crippen molar-refractivity contribution in [2.75, 3.05) is 19.7 Å². The summed E-state index contributed by atoms with van der Waals surface area (Å²) >= 11 is 0. The lowest BCUT2D eigenvalue weighted by Gasteiger charge is -2.27. The van der Waals surface area contributed by atoms with Crippen LogP contribution in [0.3, 0.4) is 0 Å². The van der Waals surface area contributed by atoms with Crippen LogP contribution in [0.25, 0.3) is 11.1 Å². The molecule has 0 bridgehead atoms. The first-order chi connectivity index (χ1) is 15.4. The van der Waals surface area contributed by atoms with Crippen LogP contribution < -0.4 is 5.32 Å². The molecule has 1 aliphatic carbocycles. The van der Waals surface area contributed by atoms with Crippen molar-refractivity contribution >= 4 is 18.0 Å². The van der Waals surface area contributed by atoms with Crippen LogP contribution in [0.4, 0.5) is 4.79 Å². The first-order valence-corrected chi connectivity index (χ1v) is 11.0. The molecule has 0 radical (unpaired) electrons. The normalized spacial score (nSPS) is 14.1. The second kappa shape index (κ2) is 10.3. The van der Waals surface area contributed by atoms with Gasteiger partial charge in [0.1, 0.15) is 12.6 Å². The van der Waals surface area contributed by atoms with E-state index in [1.165, 1.54) is 4.90 Å².